The van der Waals surface area contributed by atoms with Crippen LogP contribution in [0.15, 0.2) is 36.4 Å². The maximum atomic E-state index is 12.2. The van der Waals surface area contributed by atoms with E-state index in [0.29, 0.717) is 11.3 Å². The number of methoxy groups -OCH3 is 1. The van der Waals surface area contributed by atoms with E-state index in [-0.39, 0.29) is 12.4 Å². The molecule has 0 unspecified atom stereocenters. The Hall–Kier alpha value is -2.82. The summed E-state index contributed by atoms with van der Waals surface area (Å²) >= 11 is 0. The summed E-state index contributed by atoms with van der Waals surface area (Å²) < 4.78 is 12.2. The number of benzene rings is 1. The second-order valence-corrected chi connectivity index (χ2v) is 5.45. The quantitative estimate of drug-likeness (QED) is 0.465. The van der Waals surface area contributed by atoms with E-state index in [9.17, 15) is 9.59 Å². The number of aryl methyl sites for hydroxylation is 1. The van der Waals surface area contributed by atoms with Gasteiger partial charge in [0, 0.05) is 35.6 Å². The van der Waals surface area contributed by atoms with Crippen LogP contribution in [0.1, 0.15) is 27.3 Å². The zero-order chi connectivity index (χ0) is 17.7. The molecule has 0 bridgehead atoms. The summed E-state index contributed by atoms with van der Waals surface area (Å²) in [6.07, 6.45) is 2.89. The zero-order valence-electron chi connectivity index (χ0n) is 14.3. The Bertz CT molecular complexity index is 787. The van der Waals surface area contributed by atoms with Gasteiger partial charge >= 0.3 is 5.97 Å². The molecule has 2 aromatic rings. The second kappa shape index (κ2) is 7.64. The minimum Gasteiger partial charge on any atom is -0.496 e. The van der Waals surface area contributed by atoms with Crippen LogP contribution in [-0.2, 0) is 16.6 Å². The van der Waals surface area contributed by atoms with Crippen LogP contribution in [0.3, 0.4) is 0 Å². The first-order valence-corrected chi connectivity index (χ1v) is 7.58. The molecule has 0 aliphatic heterocycles. The number of hydrogen-bond acceptors (Lipinski definition) is 4. The van der Waals surface area contributed by atoms with Crippen LogP contribution < -0.4 is 4.74 Å². The zero-order valence-corrected chi connectivity index (χ0v) is 14.3. The van der Waals surface area contributed by atoms with Crippen molar-refractivity contribution in [3.05, 3.63) is 58.9 Å². The molecular formula is C19H21NO4. The Morgan fingerprint density at radius 1 is 1.21 bits per heavy atom. The van der Waals surface area contributed by atoms with Crippen molar-refractivity contribution in [2.75, 3.05) is 13.7 Å². The van der Waals surface area contributed by atoms with Gasteiger partial charge in [-0.05, 0) is 32.1 Å². The second-order valence-electron chi connectivity index (χ2n) is 5.45. The van der Waals surface area contributed by atoms with Crippen LogP contribution >= 0.6 is 0 Å². The van der Waals surface area contributed by atoms with Crippen molar-refractivity contribution in [1.82, 2.24) is 4.57 Å². The average molecular weight is 327 g/mol. The van der Waals surface area contributed by atoms with Crippen molar-refractivity contribution in [1.29, 1.82) is 0 Å². The lowest BCUT2D eigenvalue weighted by atomic mass is 10.1. The Balaban J connectivity index is 1.96. The normalized spacial score (nSPS) is 10.8. The minimum atomic E-state index is -0.570. The van der Waals surface area contributed by atoms with Crippen molar-refractivity contribution >= 4 is 17.8 Å². The number of nitrogens with zero attached hydrogens (tertiary/aromatic N) is 1. The molecule has 0 N–H and O–H groups in total. The number of carbonyl (C=O) groups excluding carboxylic acids is 2. The van der Waals surface area contributed by atoms with Crippen molar-refractivity contribution in [3.8, 4) is 5.75 Å². The molecule has 126 valence electrons. The van der Waals surface area contributed by atoms with Crippen LogP contribution in [0.4, 0.5) is 0 Å². The summed E-state index contributed by atoms with van der Waals surface area (Å²) in [5.41, 5.74) is 3.19. The first-order valence-electron chi connectivity index (χ1n) is 7.58. The predicted octanol–water partition coefficient (Wildman–Crippen LogP) is 3.09. The van der Waals surface area contributed by atoms with Gasteiger partial charge in [-0.25, -0.2) is 4.79 Å². The minimum absolute atomic E-state index is 0.213. The molecule has 24 heavy (non-hydrogen) atoms. The number of rotatable bonds is 6. The molecule has 5 nitrogen and oxygen atoms in total. The third-order valence-electron chi connectivity index (χ3n) is 3.96. The van der Waals surface area contributed by atoms with Crippen molar-refractivity contribution in [2.24, 2.45) is 7.05 Å². The smallest absolute Gasteiger partial charge is 0.331 e. The molecule has 0 saturated heterocycles. The van der Waals surface area contributed by atoms with Gasteiger partial charge in [0.05, 0.1) is 7.11 Å². The highest BCUT2D eigenvalue weighted by Gasteiger charge is 2.15. The van der Waals surface area contributed by atoms with Crippen molar-refractivity contribution < 1.29 is 19.1 Å². The lowest BCUT2D eigenvalue weighted by molar-refractivity contribution is -0.136. The van der Waals surface area contributed by atoms with Gasteiger partial charge < -0.3 is 14.0 Å². The van der Waals surface area contributed by atoms with Crippen LogP contribution in [0.2, 0.25) is 0 Å². The SMILES string of the molecule is COc1ccccc1C=CC(=O)OCC(=O)c1cc(C)n(C)c1C. The summed E-state index contributed by atoms with van der Waals surface area (Å²) in [5, 5.41) is 0. The molecule has 0 atom stereocenters. The monoisotopic (exact) mass is 327 g/mol. The molecular weight excluding hydrogens is 306 g/mol. The summed E-state index contributed by atoms with van der Waals surface area (Å²) in [7, 11) is 3.46. The van der Waals surface area contributed by atoms with E-state index in [4.69, 9.17) is 9.47 Å². The maximum absolute atomic E-state index is 12.2. The lowest BCUT2D eigenvalue weighted by Crippen LogP contribution is -2.13. The first-order chi connectivity index (χ1) is 11.4. The number of aromatic nitrogens is 1. The molecule has 0 saturated carbocycles. The van der Waals surface area contributed by atoms with E-state index in [1.807, 2.05) is 43.7 Å². The molecule has 0 aliphatic carbocycles. The van der Waals surface area contributed by atoms with Crippen LogP contribution in [-0.4, -0.2) is 30.0 Å². The summed E-state index contributed by atoms with van der Waals surface area (Å²) in [6, 6.07) is 9.12. The van der Waals surface area contributed by atoms with Crippen molar-refractivity contribution in [3.63, 3.8) is 0 Å². The number of ether oxygens (including phenoxy) is 2. The number of hydrogen-bond donors (Lipinski definition) is 0. The average Bonchev–Trinajstić information content (AvgIpc) is 2.85. The predicted molar refractivity (Wildman–Crippen MR) is 92.2 cm³/mol. The van der Waals surface area contributed by atoms with E-state index in [2.05, 4.69) is 0 Å². The first kappa shape index (κ1) is 17.5. The Morgan fingerprint density at radius 2 is 1.92 bits per heavy atom. The van der Waals surface area contributed by atoms with E-state index in [0.717, 1.165) is 17.0 Å². The summed E-state index contributed by atoms with van der Waals surface area (Å²) in [4.78, 5) is 24.0. The number of ketones is 1. The third-order valence-corrected chi connectivity index (χ3v) is 3.96. The number of esters is 1. The fourth-order valence-electron chi connectivity index (χ4n) is 2.36. The topological polar surface area (TPSA) is 57.5 Å². The maximum Gasteiger partial charge on any atom is 0.331 e. The number of para-hydroxylation sites is 1. The van der Waals surface area contributed by atoms with Gasteiger partial charge in [0.25, 0.3) is 0 Å². The van der Waals surface area contributed by atoms with Crippen molar-refractivity contribution in [2.45, 2.75) is 13.8 Å². The van der Waals surface area contributed by atoms with Gasteiger partial charge in [-0.2, -0.15) is 0 Å². The summed E-state index contributed by atoms with van der Waals surface area (Å²) in [6.45, 7) is 3.51. The Kier molecular flexibility index (Phi) is 5.58. The molecule has 0 fully saturated rings. The molecule has 1 heterocycles. The highest BCUT2D eigenvalue weighted by Crippen LogP contribution is 2.18. The number of Topliss-reactive ketones (excluding diaryl/α,β-unsaturated/α-hetero) is 1. The molecule has 1 aromatic carbocycles. The van der Waals surface area contributed by atoms with E-state index in [1.165, 1.54) is 6.08 Å². The Morgan fingerprint density at radius 3 is 2.54 bits per heavy atom. The third kappa shape index (κ3) is 3.93. The highest BCUT2D eigenvalue weighted by atomic mass is 16.5. The molecule has 5 heteroatoms. The fraction of sp³-hybridized carbons (Fsp3) is 0.263. The standard InChI is InChI=1S/C19H21NO4/c1-13-11-16(14(2)20(13)3)17(21)12-24-19(22)10-9-15-7-5-6-8-18(15)23-4/h5-11H,12H2,1-4H3. The fourth-order valence-corrected chi connectivity index (χ4v) is 2.36. The lowest BCUT2D eigenvalue weighted by Gasteiger charge is -2.04. The van der Waals surface area contributed by atoms with Gasteiger partial charge in [-0.15, -0.1) is 0 Å². The van der Waals surface area contributed by atoms with Crippen LogP contribution in [0.25, 0.3) is 6.08 Å². The highest BCUT2D eigenvalue weighted by molar-refractivity contribution is 6.00. The molecule has 0 amide bonds. The van der Waals surface area contributed by atoms with Gasteiger partial charge in [-0.1, -0.05) is 18.2 Å². The summed E-state index contributed by atoms with van der Waals surface area (Å²) in [5.74, 6) is -0.122. The molecule has 0 spiro atoms. The molecule has 1 aromatic heterocycles. The molecule has 0 radical (unpaired) electrons. The Labute approximate surface area is 141 Å². The van der Waals surface area contributed by atoms with Gasteiger partial charge in [0.1, 0.15) is 5.75 Å². The van der Waals surface area contributed by atoms with Crippen LogP contribution in [0, 0.1) is 13.8 Å². The van der Waals surface area contributed by atoms with E-state index in [1.54, 1.807) is 25.3 Å². The largest absolute Gasteiger partial charge is 0.496 e. The van der Waals surface area contributed by atoms with Crippen LogP contribution in [0.5, 0.6) is 5.75 Å². The molecule has 0 aliphatic rings. The van der Waals surface area contributed by atoms with Gasteiger partial charge in [-0.3, -0.25) is 4.79 Å². The van der Waals surface area contributed by atoms with Gasteiger partial charge in [0.2, 0.25) is 5.78 Å². The van der Waals surface area contributed by atoms with Gasteiger partial charge in [0.15, 0.2) is 6.61 Å². The van der Waals surface area contributed by atoms with E-state index >= 15 is 0 Å². The van der Waals surface area contributed by atoms with E-state index < -0.39 is 5.97 Å². The molecule has 2 rings (SSSR count). The number of carbonyl (C=O) groups is 2.